The molecule has 0 amide bonds. The van der Waals surface area contributed by atoms with Gasteiger partial charge in [0.25, 0.3) is 0 Å². The summed E-state index contributed by atoms with van der Waals surface area (Å²) in [6.07, 6.45) is 1.15. The molecule has 0 atom stereocenters. The Morgan fingerprint density at radius 3 is 2.61 bits per heavy atom. The molecule has 1 heterocycles. The van der Waals surface area contributed by atoms with E-state index in [-0.39, 0.29) is 5.41 Å². The number of rotatable bonds is 2. The molecule has 2 rings (SSSR count). The van der Waals surface area contributed by atoms with Crippen LogP contribution in [0.1, 0.15) is 43.0 Å². The zero-order valence-corrected chi connectivity index (χ0v) is 12.3. The van der Waals surface area contributed by atoms with Gasteiger partial charge < -0.3 is 9.64 Å². The van der Waals surface area contributed by atoms with E-state index >= 15 is 0 Å². The molecule has 0 radical (unpaired) electrons. The highest BCUT2D eigenvalue weighted by molar-refractivity contribution is 5.42. The number of methoxy groups -OCH3 is 1. The number of hydrogen-bond donors (Lipinski definition) is 0. The lowest BCUT2D eigenvalue weighted by Gasteiger charge is -2.30. The highest BCUT2D eigenvalue weighted by atomic mass is 16.5. The van der Waals surface area contributed by atoms with Crippen LogP contribution in [0.25, 0.3) is 0 Å². The number of likely N-dealkylation sites (N-methyl/N-ethyl adjacent to an activating group) is 1. The zero-order chi connectivity index (χ0) is 13.3. The maximum absolute atomic E-state index is 5.37. The standard InChI is InChI=1S/C16H25NO/c1-16(2,3)14-8-12-10-17(4)7-6-15(12)13(9-14)11-18-5/h8-9H,6-7,10-11H2,1-5H3. The van der Waals surface area contributed by atoms with E-state index in [0.29, 0.717) is 0 Å². The van der Waals surface area contributed by atoms with Crippen LogP contribution in [0.3, 0.4) is 0 Å². The van der Waals surface area contributed by atoms with E-state index in [9.17, 15) is 0 Å². The predicted octanol–water partition coefficient (Wildman–Crippen LogP) is 3.12. The number of hydrogen-bond acceptors (Lipinski definition) is 2. The summed E-state index contributed by atoms with van der Waals surface area (Å²) in [5.74, 6) is 0. The zero-order valence-electron chi connectivity index (χ0n) is 12.3. The molecule has 0 aliphatic carbocycles. The summed E-state index contributed by atoms with van der Waals surface area (Å²) < 4.78 is 5.37. The normalized spacial score (nSPS) is 16.7. The smallest absolute Gasteiger partial charge is 0.0715 e. The van der Waals surface area contributed by atoms with Crippen LogP contribution in [0, 0.1) is 0 Å². The van der Waals surface area contributed by atoms with E-state index < -0.39 is 0 Å². The molecular formula is C16H25NO. The van der Waals surface area contributed by atoms with Crippen LogP contribution in [0.15, 0.2) is 12.1 Å². The molecule has 1 aliphatic rings. The van der Waals surface area contributed by atoms with Crippen molar-refractivity contribution < 1.29 is 4.74 Å². The van der Waals surface area contributed by atoms with Crippen LogP contribution in [0.4, 0.5) is 0 Å². The van der Waals surface area contributed by atoms with Crippen molar-refractivity contribution in [3.63, 3.8) is 0 Å². The summed E-state index contributed by atoms with van der Waals surface area (Å²) in [7, 11) is 3.98. The Bertz CT molecular complexity index is 414. The molecule has 0 fully saturated rings. The van der Waals surface area contributed by atoms with Crippen LogP contribution >= 0.6 is 0 Å². The van der Waals surface area contributed by atoms with E-state index in [0.717, 1.165) is 26.1 Å². The second kappa shape index (κ2) is 5.02. The van der Waals surface area contributed by atoms with E-state index in [1.54, 1.807) is 7.11 Å². The molecule has 0 bridgehead atoms. The van der Waals surface area contributed by atoms with Crippen molar-refractivity contribution in [3.05, 3.63) is 34.4 Å². The SMILES string of the molecule is COCc1cc(C(C)(C)C)cc2c1CCN(C)C2. The maximum atomic E-state index is 5.37. The third-order valence-corrected chi connectivity index (χ3v) is 3.78. The molecule has 2 heteroatoms. The van der Waals surface area contributed by atoms with Crippen molar-refractivity contribution in [1.82, 2.24) is 4.90 Å². The average Bonchev–Trinajstić information content (AvgIpc) is 2.27. The molecule has 1 aliphatic heterocycles. The van der Waals surface area contributed by atoms with Crippen molar-refractivity contribution in [1.29, 1.82) is 0 Å². The minimum absolute atomic E-state index is 0.202. The topological polar surface area (TPSA) is 12.5 Å². The van der Waals surface area contributed by atoms with Crippen LogP contribution in [0.2, 0.25) is 0 Å². The van der Waals surface area contributed by atoms with Gasteiger partial charge in [0.15, 0.2) is 0 Å². The summed E-state index contributed by atoms with van der Waals surface area (Å²) in [4.78, 5) is 2.39. The quantitative estimate of drug-likeness (QED) is 0.796. The van der Waals surface area contributed by atoms with Gasteiger partial charge in [-0.3, -0.25) is 0 Å². The Morgan fingerprint density at radius 2 is 2.00 bits per heavy atom. The second-order valence-electron chi connectivity index (χ2n) is 6.44. The van der Waals surface area contributed by atoms with Gasteiger partial charge in [-0.1, -0.05) is 32.9 Å². The van der Waals surface area contributed by atoms with E-state index in [1.807, 2.05) is 0 Å². The highest BCUT2D eigenvalue weighted by Crippen LogP contribution is 2.30. The van der Waals surface area contributed by atoms with Crippen molar-refractivity contribution in [3.8, 4) is 0 Å². The van der Waals surface area contributed by atoms with Gasteiger partial charge in [-0.25, -0.2) is 0 Å². The summed E-state index contributed by atoms with van der Waals surface area (Å²) in [5, 5.41) is 0. The van der Waals surface area contributed by atoms with Gasteiger partial charge in [0.2, 0.25) is 0 Å². The number of fused-ring (bicyclic) bond motifs is 1. The Labute approximate surface area is 111 Å². The van der Waals surface area contributed by atoms with Gasteiger partial charge >= 0.3 is 0 Å². The largest absolute Gasteiger partial charge is 0.380 e. The third-order valence-electron chi connectivity index (χ3n) is 3.78. The van der Waals surface area contributed by atoms with Crippen molar-refractivity contribution >= 4 is 0 Å². The van der Waals surface area contributed by atoms with Gasteiger partial charge in [0.1, 0.15) is 0 Å². The molecule has 100 valence electrons. The first-order chi connectivity index (χ1) is 8.41. The molecule has 0 N–H and O–H groups in total. The van der Waals surface area contributed by atoms with Gasteiger partial charge in [-0.2, -0.15) is 0 Å². The first kappa shape index (κ1) is 13.6. The first-order valence-electron chi connectivity index (χ1n) is 6.74. The lowest BCUT2D eigenvalue weighted by atomic mass is 9.82. The number of nitrogens with zero attached hydrogens (tertiary/aromatic N) is 1. The van der Waals surface area contributed by atoms with Gasteiger partial charge in [0, 0.05) is 20.2 Å². The molecule has 1 aromatic carbocycles. The van der Waals surface area contributed by atoms with Crippen molar-refractivity contribution in [2.24, 2.45) is 0 Å². The van der Waals surface area contributed by atoms with Gasteiger partial charge in [0.05, 0.1) is 6.61 Å². The van der Waals surface area contributed by atoms with Crippen LogP contribution in [0.5, 0.6) is 0 Å². The van der Waals surface area contributed by atoms with Crippen molar-refractivity contribution in [2.75, 3.05) is 20.7 Å². The Hall–Kier alpha value is -0.860. The van der Waals surface area contributed by atoms with E-state index in [2.05, 4.69) is 44.9 Å². The molecule has 1 aromatic rings. The van der Waals surface area contributed by atoms with E-state index in [4.69, 9.17) is 4.74 Å². The Balaban J connectivity index is 2.48. The first-order valence-corrected chi connectivity index (χ1v) is 6.74. The predicted molar refractivity (Wildman–Crippen MR) is 75.9 cm³/mol. The van der Waals surface area contributed by atoms with Gasteiger partial charge in [-0.15, -0.1) is 0 Å². The fraction of sp³-hybridized carbons (Fsp3) is 0.625. The summed E-state index contributed by atoms with van der Waals surface area (Å²) in [5.41, 5.74) is 6.01. The maximum Gasteiger partial charge on any atom is 0.0715 e. The fourth-order valence-corrected chi connectivity index (χ4v) is 2.65. The fourth-order valence-electron chi connectivity index (χ4n) is 2.65. The van der Waals surface area contributed by atoms with Crippen LogP contribution in [-0.2, 0) is 29.7 Å². The molecule has 0 aromatic heterocycles. The second-order valence-corrected chi connectivity index (χ2v) is 6.44. The number of ether oxygens (including phenoxy) is 1. The third kappa shape index (κ3) is 2.76. The lowest BCUT2D eigenvalue weighted by molar-refractivity contribution is 0.183. The van der Waals surface area contributed by atoms with Gasteiger partial charge in [-0.05, 0) is 41.1 Å². The molecule has 0 spiro atoms. The van der Waals surface area contributed by atoms with Crippen molar-refractivity contribution in [2.45, 2.75) is 45.8 Å². The lowest BCUT2D eigenvalue weighted by Crippen LogP contribution is -2.28. The average molecular weight is 247 g/mol. The molecule has 0 saturated carbocycles. The molecule has 0 unspecified atom stereocenters. The molecular weight excluding hydrogens is 222 g/mol. The molecule has 18 heavy (non-hydrogen) atoms. The summed E-state index contributed by atoms with van der Waals surface area (Å²) in [6.45, 7) is 9.78. The minimum atomic E-state index is 0.202. The Morgan fingerprint density at radius 1 is 1.28 bits per heavy atom. The molecule has 0 saturated heterocycles. The molecule has 2 nitrogen and oxygen atoms in total. The van der Waals surface area contributed by atoms with Crippen LogP contribution < -0.4 is 0 Å². The summed E-state index contributed by atoms with van der Waals surface area (Å²) in [6, 6.07) is 4.73. The monoisotopic (exact) mass is 247 g/mol. The number of benzene rings is 1. The Kier molecular flexibility index (Phi) is 3.79. The highest BCUT2D eigenvalue weighted by Gasteiger charge is 2.21. The van der Waals surface area contributed by atoms with E-state index in [1.165, 1.54) is 22.3 Å². The minimum Gasteiger partial charge on any atom is -0.380 e. The van der Waals surface area contributed by atoms with Crippen LogP contribution in [-0.4, -0.2) is 25.6 Å². The summed E-state index contributed by atoms with van der Waals surface area (Å²) >= 11 is 0.